The van der Waals surface area contributed by atoms with Crippen molar-refractivity contribution < 1.29 is 8.42 Å². The Kier molecular flexibility index (Phi) is 2.54. The molecule has 0 saturated heterocycles. The third-order valence-corrected chi connectivity index (χ3v) is 2.18. The Morgan fingerprint density at radius 3 is 2.09 bits per heavy atom. The number of rotatable bonds is 2. The highest BCUT2D eigenvalue weighted by Gasteiger charge is 1.94. The van der Waals surface area contributed by atoms with E-state index < -0.39 is 10.7 Å². The Balaban J connectivity index is 3.01. The highest BCUT2D eigenvalue weighted by molar-refractivity contribution is 7.72. The third kappa shape index (κ3) is 1.98. The molecular formula is C8H9O2S. The SMILES string of the molecule is CCc1ccc([S](=O)=O)cc1. The minimum Gasteiger partial charge on any atom is -0.184 e. The Hall–Kier alpha value is -0.960. The Bertz CT molecular complexity index is 290. The van der Waals surface area contributed by atoms with E-state index in [1.54, 1.807) is 12.1 Å². The van der Waals surface area contributed by atoms with E-state index in [-0.39, 0.29) is 0 Å². The summed E-state index contributed by atoms with van der Waals surface area (Å²) in [6.45, 7) is 2.03. The molecule has 59 valence electrons. The van der Waals surface area contributed by atoms with Crippen molar-refractivity contribution in [3.63, 3.8) is 0 Å². The van der Waals surface area contributed by atoms with Gasteiger partial charge < -0.3 is 0 Å². The average molecular weight is 169 g/mol. The predicted octanol–water partition coefficient (Wildman–Crippen LogP) is 1.49. The summed E-state index contributed by atoms with van der Waals surface area (Å²) >= 11 is 0. The van der Waals surface area contributed by atoms with Crippen molar-refractivity contribution in [3.05, 3.63) is 29.8 Å². The molecule has 0 amide bonds. The van der Waals surface area contributed by atoms with Crippen molar-refractivity contribution in [2.24, 2.45) is 0 Å². The highest BCUT2D eigenvalue weighted by Crippen LogP contribution is 2.05. The standard InChI is InChI=1S/C8H9O2S/c1-2-7-3-5-8(6-4-7)11(9)10/h3-6H,2H2,1H3. The molecule has 0 aromatic heterocycles. The van der Waals surface area contributed by atoms with Gasteiger partial charge in [-0.05, 0) is 24.1 Å². The van der Waals surface area contributed by atoms with Crippen molar-refractivity contribution >= 4 is 10.7 Å². The molecule has 1 rings (SSSR count). The maximum absolute atomic E-state index is 10.4. The van der Waals surface area contributed by atoms with Gasteiger partial charge in [0.25, 0.3) is 0 Å². The summed E-state index contributed by atoms with van der Waals surface area (Å²) in [5.74, 6) is 0. The van der Waals surface area contributed by atoms with Crippen LogP contribution in [0.4, 0.5) is 0 Å². The lowest BCUT2D eigenvalue weighted by molar-refractivity contribution is 0.614. The minimum atomic E-state index is -2.09. The predicted molar refractivity (Wildman–Crippen MR) is 43.0 cm³/mol. The molecule has 0 saturated carbocycles. The first-order chi connectivity index (χ1) is 5.24. The normalized spacial score (nSPS) is 9.55. The molecule has 3 heteroatoms. The van der Waals surface area contributed by atoms with Gasteiger partial charge in [-0.1, -0.05) is 19.1 Å². The molecule has 0 unspecified atom stereocenters. The second-order valence-electron chi connectivity index (χ2n) is 2.23. The van der Waals surface area contributed by atoms with Crippen molar-refractivity contribution in [2.75, 3.05) is 0 Å². The fourth-order valence-electron chi connectivity index (χ4n) is 0.836. The van der Waals surface area contributed by atoms with Crippen LogP contribution in [0.3, 0.4) is 0 Å². The monoisotopic (exact) mass is 169 g/mol. The maximum Gasteiger partial charge on any atom is 0.221 e. The molecule has 1 aromatic carbocycles. The van der Waals surface area contributed by atoms with Crippen LogP contribution in [0.25, 0.3) is 0 Å². The lowest BCUT2D eigenvalue weighted by Gasteiger charge is -1.93. The van der Waals surface area contributed by atoms with Crippen LogP contribution in [0.15, 0.2) is 29.2 Å². The summed E-state index contributed by atoms with van der Waals surface area (Å²) in [5, 5.41) is 0. The van der Waals surface area contributed by atoms with E-state index in [9.17, 15) is 8.42 Å². The molecule has 1 radical (unpaired) electrons. The molecule has 0 spiro atoms. The van der Waals surface area contributed by atoms with Crippen molar-refractivity contribution in [1.82, 2.24) is 0 Å². The molecule has 0 atom stereocenters. The van der Waals surface area contributed by atoms with Gasteiger partial charge >= 0.3 is 0 Å². The van der Waals surface area contributed by atoms with E-state index in [4.69, 9.17) is 0 Å². The summed E-state index contributed by atoms with van der Waals surface area (Å²) in [4.78, 5) is 0.349. The molecule has 0 heterocycles. The largest absolute Gasteiger partial charge is 0.221 e. The van der Waals surface area contributed by atoms with Gasteiger partial charge in [0.1, 0.15) is 0 Å². The van der Waals surface area contributed by atoms with Gasteiger partial charge in [0.15, 0.2) is 0 Å². The van der Waals surface area contributed by atoms with Gasteiger partial charge in [-0.2, -0.15) is 8.42 Å². The first-order valence-electron chi connectivity index (χ1n) is 3.42. The third-order valence-electron chi connectivity index (χ3n) is 1.52. The van der Waals surface area contributed by atoms with E-state index in [0.717, 1.165) is 12.0 Å². The van der Waals surface area contributed by atoms with Crippen molar-refractivity contribution in [1.29, 1.82) is 0 Å². The minimum absolute atomic E-state index is 0.349. The van der Waals surface area contributed by atoms with E-state index in [1.807, 2.05) is 19.1 Å². The summed E-state index contributed by atoms with van der Waals surface area (Å²) < 4.78 is 20.8. The van der Waals surface area contributed by atoms with Crippen molar-refractivity contribution in [3.8, 4) is 0 Å². The summed E-state index contributed by atoms with van der Waals surface area (Å²) in [6, 6.07) is 6.88. The molecule has 0 aliphatic carbocycles. The van der Waals surface area contributed by atoms with E-state index in [0.29, 0.717) is 4.90 Å². The van der Waals surface area contributed by atoms with Crippen molar-refractivity contribution in [2.45, 2.75) is 18.2 Å². The number of benzene rings is 1. The molecule has 0 bridgehead atoms. The summed E-state index contributed by atoms with van der Waals surface area (Å²) in [7, 11) is -2.09. The number of hydrogen-bond donors (Lipinski definition) is 0. The zero-order valence-electron chi connectivity index (χ0n) is 6.24. The van der Waals surface area contributed by atoms with Crippen LogP contribution in [-0.4, -0.2) is 8.42 Å². The number of hydrogen-bond acceptors (Lipinski definition) is 2. The first kappa shape index (κ1) is 8.14. The molecule has 11 heavy (non-hydrogen) atoms. The lowest BCUT2D eigenvalue weighted by Crippen LogP contribution is -1.82. The smallest absolute Gasteiger partial charge is 0.184 e. The topological polar surface area (TPSA) is 34.1 Å². The van der Waals surface area contributed by atoms with Gasteiger partial charge in [0, 0.05) is 0 Å². The fourth-order valence-corrected chi connectivity index (χ4v) is 1.19. The fraction of sp³-hybridized carbons (Fsp3) is 0.250. The lowest BCUT2D eigenvalue weighted by atomic mass is 10.2. The molecular weight excluding hydrogens is 160 g/mol. The second kappa shape index (κ2) is 3.44. The molecule has 0 aliphatic rings. The van der Waals surface area contributed by atoms with Gasteiger partial charge in [-0.25, -0.2) is 0 Å². The van der Waals surface area contributed by atoms with Crippen LogP contribution in [0.2, 0.25) is 0 Å². The molecule has 0 aliphatic heterocycles. The Morgan fingerprint density at radius 1 is 1.18 bits per heavy atom. The van der Waals surface area contributed by atoms with Crippen LogP contribution in [0.5, 0.6) is 0 Å². The molecule has 0 fully saturated rings. The maximum atomic E-state index is 10.4. The first-order valence-corrected chi connectivity index (χ1v) is 4.49. The zero-order valence-corrected chi connectivity index (χ0v) is 7.06. The van der Waals surface area contributed by atoms with E-state index in [1.165, 1.54) is 0 Å². The quantitative estimate of drug-likeness (QED) is 0.672. The van der Waals surface area contributed by atoms with E-state index in [2.05, 4.69) is 0 Å². The average Bonchev–Trinajstić information content (AvgIpc) is 2.05. The van der Waals surface area contributed by atoms with Gasteiger partial charge in [-0.15, -0.1) is 0 Å². The molecule has 0 N–H and O–H groups in total. The molecule has 1 aromatic rings. The zero-order chi connectivity index (χ0) is 8.27. The second-order valence-corrected chi connectivity index (χ2v) is 3.17. The van der Waals surface area contributed by atoms with Crippen LogP contribution >= 0.6 is 0 Å². The highest BCUT2D eigenvalue weighted by atomic mass is 32.2. The van der Waals surface area contributed by atoms with Gasteiger partial charge in [-0.3, -0.25) is 0 Å². The van der Waals surface area contributed by atoms with Crippen LogP contribution in [0.1, 0.15) is 12.5 Å². The Morgan fingerprint density at radius 2 is 1.73 bits per heavy atom. The van der Waals surface area contributed by atoms with Crippen LogP contribution in [-0.2, 0) is 17.1 Å². The van der Waals surface area contributed by atoms with E-state index >= 15 is 0 Å². The van der Waals surface area contributed by atoms with Crippen LogP contribution < -0.4 is 0 Å². The summed E-state index contributed by atoms with van der Waals surface area (Å²) in [6.07, 6.45) is 0.936. The van der Waals surface area contributed by atoms with Gasteiger partial charge in [0.2, 0.25) is 10.7 Å². The van der Waals surface area contributed by atoms with Crippen LogP contribution in [0, 0.1) is 0 Å². The Labute approximate surface area is 67.8 Å². The number of aryl methyl sites for hydroxylation is 1. The van der Waals surface area contributed by atoms with Gasteiger partial charge in [0.05, 0.1) is 4.90 Å². The summed E-state index contributed by atoms with van der Waals surface area (Å²) in [5.41, 5.74) is 1.15. The molecule has 2 nitrogen and oxygen atoms in total.